The van der Waals surface area contributed by atoms with Crippen LogP contribution in [0.25, 0.3) is 16.6 Å². The molecule has 0 saturated heterocycles. The molecule has 7 heteroatoms. The van der Waals surface area contributed by atoms with Crippen molar-refractivity contribution in [3.63, 3.8) is 0 Å². The van der Waals surface area contributed by atoms with Crippen molar-refractivity contribution in [3.8, 4) is 0 Å². The van der Waals surface area contributed by atoms with Gasteiger partial charge in [0.15, 0.2) is 0 Å². The van der Waals surface area contributed by atoms with Crippen LogP contribution in [0.3, 0.4) is 0 Å². The molecule has 0 aliphatic carbocycles. The second-order valence-corrected chi connectivity index (χ2v) is 9.98. The molecule has 3 aromatic rings. The second kappa shape index (κ2) is 14.4. The van der Waals surface area contributed by atoms with E-state index < -0.39 is 0 Å². The molecule has 190 valence electrons. The molecule has 3 heterocycles. The average Bonchev–Trinajstić information content (AvgIpc) is 3.43. The van der Waals surface area contributed by atoms with E-state index >= 15 is 0 Å². The lowest BCUT2D eigenvalue weighted by atomic mass is 10.2. The van der Waals surface area contributed by atoms with Gasteiger partial charge < -0.3 is 26.3 Å². The Hall–Kier alpha value is -3.03. The maximum absolute atomic E-state index is 6.40. The van der Waals surface area contributed by atoms with E-state index in [0.717, 1.165) is 41.7 Å². The molecule has 0 amide bonds. The fraction of sp³-hybridized carbons (Fsp3) is 0.393. The smallest absolute Gasteiger partial charge is 0.149 e. The summed E-state index contributed by atoms with van der Waals surface area (Å²) in [6.07, 6.45) is 7.08. The van der Waals surface area contributed by atoms with Crippen molar-refractivity contribution in [1.82, 2.24) is 14.8 Å². The number of aryl methyl sites for hydroxylation is 2. The summed E-state index contributed by atoms with van der Waals surface area (Å²) < 4.78 is 0. The lowest BCUT2D eigenvalue weighted by Crippen LogP contribution is -2.33. The minimum Gasteiger partial charge on any atom is -0.395 e. The number of benzene rings is 1. The van der Waals surface area contributed by atoms with Crippen LogP contribution in [0.15, 0.2) is 64.9 Å². The van der Waals surface area contributed by atoms with Gasteiger partial charge in [0.2, 0.25) is 0 Å². The Morgan fingerprint density at radius 2 is 1.86 bits per heavy atom. The van der Waals surface area contributed by atoms with Crippen LogP contribution in [0, 0.1) is 13.8 Å². The van der Waals surface area contributed by atoms with E-state index in [1.165, 1.54) is 23.4 Å². The molecule has 0 saturated carbocycles. The summed E-state index contributed by atoms with van der Waals surface area (Å²) in [6, 6.07) is 12.3. The molecule has 0 fully saturated rings. The Labute approximate surface area is 215 Å². The van der Waals surface area contributed by atoms with E-state index in [0.29, 0.717) is 11.5 Å². The van der Waals surface area contributed by atoms with Gasteiger partial charge in [0.05, 0.1) is 11.4 Å². The molecule has 1 aromatic carbocycles. The summed E-state index contributed by atoms with van der Waals surface area (Å²) in [7, 11) is 4.17. The number of fused-ring (bicyclic) bond motifs is 1. The topological polar surface area (TPSA) is 86.7 Å². The van der Waals surface area contributed by atoms with Crippen LogP contribution < -0.4 is 11.5 Å². The standard InChI is InChI=1S/C17H21N5.C6H8S.C5H13N/c1-2-3-9-22-10-8-20-17(19)16(22)15(18)14-11-12-6-4-5-7-13(12)21-14;1-5-3-4-7-6(5)2;1-4-5-6(2)3/h4-8,10-11,21H,2-3,9,18H2,1H3,(H2,19,20);3-4H,1-2H3;4-5H2,1-3H3/b16-15-;;. The Morgan fingerprint density at radius 1 is 1.11 bits per heavy atom. The van der Waals surface area contributed by atoms with Gasteiger partial charge >= 0.3 is 0 Å². The quantitative estimate of drug-likeness (QED) is 0.389. The molecule has 0 atom stereocenters. The van der Waals surface area contributed by atoms with Crippen LogP contribution in [0.5, 0.6) is 0 Å². The summed E-state index contributed by atoms with van der Waals surface area (Å²) in [4.78, 5) is 13.2. The zero-order valence-electron chi connectivity index (χ0n) is 22.1. The molecule has 0 bridgehead atoms. The summed E-state index contributed by atoms with van der Waals surface area (Å²) in [5.74, 6) is 0.453. The molecule has 2 aromatic heterocycles. The Balaban J connectivity index is 0.000000272. The minimum absolute atomic E-state index is 0.453. The third-order valence-electron chi connectivity index (χ3n) is 5.61. The number of rotatable bonds is 6. The Morgan fingerprint density at radius 3 is 2.37 bits per heavy atom. The van der Waals surface area contributed by atoms with Crippen LogP contribution >= 0.6 is 11.3 Å². The Bertz CT molecular complexity index is 1090. The maximum Gasteiger partial charge on any atom is 0.149 e. The van der Waals surface area contributed by atoms with Crippen LogP contribution in [-0.4, -0.2) is 47.8 Å². The number of para-hydroxylation sites is 1. The summed E-state index contributed by atoms with van der Waals surface area (Å²) in [5.41, 5.74) is 17.2. The van der Waals surface area contributed by atoms with Gasteiger partial charge in [0.25, 0.3) is 0 Å². The normalized spacial score (nSPS) is 14.3. The zero-order chi connectivity index (χ0) is 25.8. The van der Waals surface area contributed by atoms with Gasteiger partial charge in [-0.15, -0.1) is 11.3 Å². The molecular weight excluding hydrogens is 452 g/mol. The first-order chi connectivity index (χ1) is 16.8. The zero-order valence-corrected chi connectivity index (χ0v) is 23.0. The van der Waals surface area contributed by atoms with Crippen LogP contribution in [0.1, 0.15) is 49.2 Å². The number of aliphatic imine (C=N–C) groups is 1. The van der Waals surface area contributed by atoms with E-state index in [-0.39, 0.29) is 0 Å². The number of amidine groups is 1. The third kappa shape index (κ3) is 8.60. The molecule has 0 unspecified atom stereocenters. The molecule has 5 N–H and O–H groups in total. The lowest BCUT2D eigenvalue weighted by molar-refractivity contribution is 0.408. The predicted molar refractivity (Wildman–Crippen MR) is 154 cm³/mol. The van der Waals surface area contributed by atoms with Crippen LogP contribution in [-0.2, 0) is 0 Å². The van der Waals surface area contributed by atoms with Gasteiger partial charge in [0.1, 0.15) is 11.5 Å². The SMILES string of the molecule is CCCCN1C=CN=C(N)/C1=C(/N)c1cc2ccccc2[nH]1.CCCN(C)C.Cc1ccsc1C. The van der Waals surface area contributed by atoms with Crippen molar-refractivity contribution in [2.45, 2.75) is 47.0 Å². The van der Waals surface area contributed by atoms with Crippen molar-refractivity contribution in [2.24, 2.45) is 16.5 Å². The molecule has 1 aliphatic heterocycles. The summed E-state index contributed by atoms with van der Waals surface area (Å²) >= 11 is 1.80. The summed E-state index contributed by atoms with van der Waals surface area (Å²) in [5, 5.41) is 3.24. The number of nitrogens with zero attached hydrogens (tertiary/aromatic N) is 3. The number of nitrogens with one attached hydrogen (secondary N) is 1. The molecule has 0 spiro atoms. The highest BCUT2D eigenvalue weighted by molar-refractivity contribution is 7.10. The first-order valence-corrected chi connectivity index (χ1v) is 13.2. The van der Waals surface area contributed by atoms with Gasteiger partial charge in [-0.3, -0.25) is 0 Å². The Kier molecular flexibility index (Phi) is 11.6. The van der Waals surface area contributed by atoms with Crippen molar-refractivity contribution in [3.05, 3.63) is 76.0 Å². The van der Waals surface area contributed by atoms with Gasteiger partial charge in [-0.1, -0.05) is 38.5 Å². The second-order valence-electron chi connectivity index (χ2n) is 8.86. The number of hydrogen-bond acceptors (Lipinski definition) is 6. The molecule has 4 rings (SSSR count). The minimum atomic E-state index is 0.453. The van der Waals surface area contributed by atoms with Crippen LogP contribution in [0.2, 0.25) is 0 Å². The molecule has 1 aliphatic rings. The highest BCUT2D eigenvalue weighted by Gasteiger charge is 2.19. The van der Waals surface area contributed by atoms with Gasteiger partial charge in [0, 0.05) is 34.7 Å². The van der Waals surface area contributed by atoms with Crippen molar-refractivity contribution < 1.29 is 0 Å². The van der Waals surface area contributed by atoms with Crippen LogP contribution in [0.4, 0.5) is 0 Å². The molecule has 6 nitrogen and oxygen atoms in total. The number of unbranched alkanes of at least 4 members (excludes halogenated alkanes) is 1. The van der Waals surface area contributed by atoms with Gasteiger partial charge in [-0.05, 0) is 76.5 Å². The summed E-state index contributed by atoms with van der Waals surface area (Å²) in [6.45, 7) is 10.7. The number of H-pyrrole nitrogens is 1. The number of hydrogen-bond donors (Lipinski definition) is 3. The van der Waals surface area contributed by atoms with E-state index in [1.807, 2.05) is 30.5 Å². The monoisotopic (exact) mass is 494 g/mol. The number of nitrogens with two attached hydrogens (primary N) is 2. The average molecular weight is 495 g/mol. The van der Waals surface area contributed by atoms with Gasteiger partial charge in [-0.25, -0.2) is 4.99 Å². The molecular formula is C28H42N6S. The van der Waals surface area contributed by atoms with Crippen molar-refractivity contribution in [1.29, 1.82) is 0 Å². The van der Waals surface area contributed by atoms with Crippen molar-refractivity contribution in [2.75, 3.05) is 27.2 Å². The first kappa shape index (κ1) is 28.2. The molecule has 0 radical (unpaired) electrons. The van der Waals surface area contributed by atoms with E-state index in [2.05, 4.69) is 79.1 Å². The van der Waals surface area contributed by atoms with Crippen molar-refractivity contribution >= 4 is 33.8 Å². The number of aromatic nitrogens is 1. The highest BCUT2D eigenvalue weighted by atomic mass is 32.1. The van der Waals surface area contributed by atoms with E-state index in [9.17, 15) is 0 Å². The highest BCUT2D eigenvalue weighted by Crippen LogP contribution is 2.23. The fourth-order valence-corrected chi connectivity index (χ4v) is 4.26. The lowest BCUT2D eigenvalue weighted by Gasteiger charge is -2.26. The third-order valence-corrected chi connectivity index (χ3v) is 6.55. The maximum atomic E-state index is 6.40. The fourth-order valence-electron chi connectivity index (χ4n) is 3.53. The largest absolute Gasteiger partial charge is 0.395 e. The predicted octanol–water partition coefficient (Wildman–Crippen LogP) is 6.06. The van der Waals surface area contributed by atoms with E-state index in [4.69, 9.17) is 11.5 Å². The first-order valence-electron chi connectivity index (χ1n) is 12.3. The molecule has 35 heavy (non-hydrogen) atoms. The van der Waals surface area contributed by atoms with E-state index in [1.54, 1.807) is 17.5 Å². The van der Waals surface area contributed by atoms with Gasteiger partial charge in [-0.2, -0.15) is 0 Å². The number of thiophene rings is 1. The number of aromatic amines is 1.